The van der Waals surface area contributed by atoms with E-state index in [1.54, 1.807) is 24.3 Å². The van der Waals surface area contributed by atoms with Gasteiger partial charge in [-0.3, -0.25) is 19.3 Å². The van der Waals surface area contributed by atoms with Crippen molar-refractivity contribution in [2.75, 3.05) is 39.4 Å². The van der Waals surface area contributed by atoms with Gasteiger partial charge in [-0.1, -0.05) is 23.7 Å². The number of hydrogen-bond acceptors (Lipinski definition) is 5. The van der Waals surface area contributed by atoms with Gasteiger partial charge in [-0.05, 0) is 48.4 Å². The zero-order chi connectivity index (χ0) is 22.7. The Hall–Kier alpha value is -2.61. The Labute approximate surface area is 190 Å². The summed E-state index contributed by atoms with van der Waals surface area (Å²) in [4.78, 5) is 42.9. The number of Topliss-reactive ketones (excluding diaryl/α,β-unsaturated/α-hetero) is 2. The first-order chi connectivity index (χ1) is 15.5. The summed E-state index contributed by atoms with van der Waals surface area (Å²) in [5.41, 5.74) is 0.868. The fourth-order valence-electron chi connectivity index (χ4n) is 4.34. The van der Waals surface area contributed by atoms with Gasteiger partial charge in [0.1, 0.15) is 11.7 Å². The van der Waals surface area contributed by atoms with E-state index in [-0.39, 0.29) is 5.56 Å². The van der Waals surface area contributed by atoms with Crippen molar-refractivity contribution in [3.8, 4) is 0 Å². The molecule has 2 fully saturated rings. The molecule has 2 aliphatic heterocycles. The largest absolute Gasteiger partial charge is 0.379 e. The van der Waals surface area contributed by atoms with E-state index in [1.165, 1.54) is 29.2 Å². The summed E-state index contributed by atoms with van der Waals surface area (Å²) >= 11 is 6.03. The fraction of sp³-hybridized carbons (Fsp3) is 0.375. The number of halogens is 2. The van der Waals surface area contributed by atoms with Gasteiger partial charge >= 0.3 is 0 Å². The Kier molecular flexibility index (Phi) is 6.98. The van der Waals surface area contributed by atoms with Gasteiger partial charge in [-0.2, -0.15) is 0 Å². The topological polar surface area (TPSA) is 66.9 Å². The predicted molar refractivity (Wildman–Crippen MR) is 117 cm³/mol. The van der Waals surface area contributed by atoms with Crippen LogP contribution in [0.3, 0.4) is 0 Å². The van der Waals surface area contributed by atoms with Crippen LogP contribution in [-0.4, -0.2) is 66.7 Å². The number of ether oxygens (including phenoxy) is 1. The number of morpholine rings is 1. The van der Waals surface area contributed by atoms with Crippen molar-refractivity contribution < 1.29 is 23.5 Å². The van der Waals surface area contributed by atoms with Crippen LogP contribution >= 0.6 is 11.6 Å². The molecular formula is C24H24ClFN2O4. The van der Waals surface area contributed by atoms with E-state index >= 15 is 0 Å². The molecule has 2 aliphatic rings. The van der Waals surface area contributed by atoms with Crippen molar-refractivity contribution >= 4 is 29.1 Å². The molecule has 0 N–H and O–H groups in total. The number of nitrogens with zero attached hydrogens (tertiary/aromatic N) is 2. The maximum absolute atomic E-state index is 13.3. The van der Waals surface area contributed by atoms with Gasteiger partial charge in [-0.25, -0.2) is 4.39 Å². The molecule has 2 saturated heterocycles. The highest BCUT2D eigenvalue weighted by molar-refractivity contribution is 6.44. The van der Waals surface area contributed by atoms with Gasteiger partial charge in [-0.15, -0.1) is 0 Å². The molecule has 0 bridgehead atoms. The molecule has 2 aromatic carbocycles. The van der Waals surface area contributed by atoms with Crippen molar-refractivity contribution in [2.24, 2.45) is 5.92 Å². The minimum atomic E-state index is -1.18. The second-order valence-corrected chi connectivity index (χ2v) is 8.45. The maximum atomic E-state index is 13.3. The third-order valence-corrected chi connectivity index (χ3v) is 6.26. The first-order valence-corrected chi connectivity index (χ1v) is 11.0. The Morgan fingerprint density at radius 2 is 1.66 bits per heavy atom. The van der Waals surface area contributed by atoms with Crippen molar-refractivity contribution in [2.45, 2.75) is 12.5 Å². The highest BCUT2D eigenvalue weighted by Gasteiger charge is 2.51. The van der Waals surface area contributed by atoms with Crippen molar-refractivity contribution in [1.82, 2.24) is 9.80 Å². The molecule has 32 heavy (non-hydrogen) atoms. The molecule has 2 unspecified atom stereocenters. The lowest BCUT2D eigenvalue weighted by molar-refractivity contribution is -0.140. The van der Waals surface area contributed by atoms with E-state index < -0.39 is 35.3 Å². The number of carbonyl (C=O) groups is 3. The summed E-state index contributed by atoms with van der Waals surface area (Å²) in [6, 6.07) is 11.1. The van der Waals surface area contributed by atoms with Gasteiger partial charge in [0, 0.05) is 36.8 Å². The lowest BCUT2D eigenvalue weighted by Crippen LogP contribution is -2.39. The van der Waals surface area contributed by atoms with E-state index in [0.29, 0.717) is 36.8 Å². The third-order valence-electron chi connectivity index (χ3n) is 6.01. The molecule has 6 nitrogen and oxygen atoms in total. The van der Waals surface area contributed by atoms with Crippen LogP contribution in [0.2, 0.25) is 5.02 Å². The number of likely N-dealkylation sites (tertiary alicyclic amines) is 1. The second kappa shape index (κ2) is 9.90. The van der Waals surface area contributed by atoms with Gasteiger partial charge in [0.25, 0.3) is 5.91 Å². The first-order valence-electron chi connectivity index (χ1n) is 10.7. The molecule has 0 aliphatic carbocycles. The highest BCUT2D eigenvalue weighted by Crippen LogP contribution is 2.38. The van der Waals surface area contributed by atoms with Crippen LogP contribution in [0, 0.1) is 11.7 Å². The summed E-state index contributed by atoms with van der Waals surface area (Å²) < 4.78 is 18.7. The van der Waals surface area contributed by atoms with Gasteiger partial charge in [0.05, 0.1) is 19.3 Å². The van der Waals surface area contributed by atoms with Crippen LogP contribution < -0.4 is 0 Å². The van der Waals surface area contributed by atoms with E-state index in [9.17, 15) is 18.8 Å². The molecule has 0 radical (unpaired) electrons. The molecule has 2 heterocycles. The number of rotatable bonds is 7. The summed E-state index contributed by atoms with van der Waals surface area (Å²) in [6.45, 7) is 4.15. The van der Waals surface area contributed by atoms with Gasteiger partial charge < -0.3 is 9.64 Å². The van der Waals surface area contributed by atoms with Crippen LogP contribution in [-0.2, 0) is 14.3 Å². The van der Waals surface area contributed by atoms with E-state index in [1.807, 2.05) is 0 Å². The second-order valence-electron chi connectivity index (χ2n) is 8.02. The Morgan fingerprint density at radius 3 is 2.31 bits per heavy atom. The number of amides is 1. The predicted octanol–water partition coefficient (Wildman–Crippen LogP) is 3.15. The Morgan fingerprint density at radius 1 is 1.00 bits per heavy atom. The molecular weight excluding hydrogens is 435 g/mol. The number of benzene rings is 2. The number of ketones is 2. The zero-order valence-corrected chi connectivity index (χ0v) is 18.3. The monoisotopic (exact) mass is 458 g/mol. The SMILES string of the molecule is O=C1C(=O)N(CCCN2CCOCC2)C(c2ccc(Cl)cc2)C1C(=O)c1ccc(F)cc1. The number of hydrogen-bond donors (Lipinski definition) is 0. The van der Waals surface area contributed by atoms with Crippen molar-refractivity contribution in [1.29, 1.82) is 0 Å². The standard InChI is InChI=1S/C24H24ClFN2O4/c25-18-6-2-16(3-7-18)21-20(22(29)17-4-8-19(26)9-5-17)23(30)24(31)28(21)11-1-10-27-12-14-32-15-13-27/h2-9,20-21H,1,10-15H2. The van der Waals surface area contributed by atoms with E-state index in [2.05, 4.69) is 4.90 Å². The Bertz CT molecular complexity index is 990. The molecule has 8 heteroatoms. The molecule has 2 aromatic rings. The minimum Gasteiger partial charge on any atom is -0.379 e. The van der Waals surface area contributed by atoms with Gasteiger partial charge in [0.15, 0.2) is 5.78 Å². The summed E-state index contributed by atoms with van der Waals surface area (Å²) in [6.07, 6.45) is 0.667. The maximum Gasteiger partial charge on any atom is 0.291 e. The smallest absolute Gasteiger partial charge is 0.291 e. The van der Waals surface area contributed by atoms with Crippen LogP contribution in [0.15, 0.2) is 48.5 Å². The zero-order valence-electron chi connectivity index (χ0n) is 17.5. The molecule has 0 spiro atoms. The van der Waals surface area contributed by atoms with Crippen molar-refractivity contribution in [3.63, 3.8) is 0 Å². The highest BCUT2D eigenvalue weighted by atomic mass is 35.5. The van der Waals surface area contributed by atoms with E-state index in [0.717, 1.165) is 19.6 Å². The summed E-state index contributed by atoms with van der Waals surface area (Å²) in [5.74, 6) is -3.54. The quantitative estimate of drug-likeness (QED) is 0.362. The molecule has 0 saturated carbocycles. The summed E-state index contributed by atoms with van der Waals surface area (Å²) in [5, 5.41) is 0.518. The molecule has 1 amide bonds. The van der Waals surface area contributed by atoms with Crippen molar-refractivity contribution in [3.05, 3.63) is 70.5 Å². The first kappa shape index (κ1) is 22.6. The van der Waals surface area contributed by atoms with E-state index in [4.69, 9.17) is 16.3 Å². The normalized spacial score (nSPS) is 21.9. The van der Waals surface area contributed by atoms with Gasteiger partial charge in [0.2, 0.25) is 5.78 Å². The Balaban J connectivity index is 1.60. The third kappa shape index (κ3) is 4.75. The molecule has 0 aromatic heterocycles. The molecule has 168 valence electrons. The van der Waals surface area contributed by atoms with Crippen LogP contribution in [0.25, 0.3) is 0 Å². The lowest BCUT2D eigenvalue weighted by atomic mass is 9.86. The number of carbonyl (C=O) groups excluding carboxylic acids is 3. The van der Waals surface area contributed by atoms with Crippen LogP contribution in [0.4, 0.5) is 4.39 Å². The average Bonchev–Trinajstić information content (AvgIpc) is 3.05. The van der Waals surface area contributed by atoms with Crippen LogP contribution in [0.5, 0.6) is 0 Å². The summed E-state index contributed by atoms with van der Waals surface area (Å²) in [7, 11) is 0. The van der Waals surface area contributed by atoms with Crippen LogP contribution in [0.1, 0.15) is 28.4 Å². The average molecular weight is 459 g/mol. The lowest BCUT2D eigenvalue weighted by Gasteiger charge is -2.30. The molecule has 2 atom stereocenters. The molecule has 4 rings (SSSR count). The fourth-order valence-corrected chi connectivity index (χ4v) is 4.47. The minimum absolute atomic E-state index is 0.201.